The van der Waals surface area contributed by atoms with Crippen LogP contribution in [0.15, 0.2) is 49.1 Å². The fourth-order valence-electron chi connectivity index (χ4n) is 4.43. The average Bonchev–Trinajstić information content (AvgIpc) is 2.85. The van der Waals surface area contributed by atoms with Gasteiger partial charge < -0.3 is 14.4 Å². The van der Waals surface area contributed by atoms with Gasteiger partial charge in [0.2, 0.25) is 0 Å². The van der Waals surface area contributed by atoms with Gasteiger partial charge in [0.15, 0.2) is 5.82 Å². The minimum absolute atomic E-state index is 0.375. The second-order valence-corrected chi connectivity index (χ2v) is 7.76. The first-order valence-electron chi connectivity index (χ1n) is 10.4. The van der Waals surface area contributed by atoms with Crippen LogP contribution in [0.5, 0.6) is 0 Å². The van der Waals surface area contributed by atoms with Gasteiger partial charge in [-0.1, -0.05) is 30.3 Å². The number of aromatic nitrogens is 4. The number of anilines is 1. The van der Waals surface area contributed by atoms with Crippen molar-refractivity contribution in [3.8, 4) is 11.4 Å². The lowest BCUT2D eigenvalue weighted by Crippen LogP contribution is -2.48. The molecule has 0 atom stereocenters. The highest BCUT2D eigenvalue weighted by Gasteiger charge is 2.43. The standard InChI is InChI=1S/C23H23N5O3/c1-30-22(29)18-14-24-15-26-21(18)28-10-8-23(9-11-28)19-17(7-12-31-23)13-25-20(27-19)16-5-3-2-4-6-16/h2-6,13-15H,7-12H2,1H3. The molecule has 0 radical (unpaired) electrons. The zero-order valence-electron chi connectivity index (χ0n) is 17.3. The molecule has 2 aliphatic heterocycles. The van der Waals surface area contributed by atoms with Gasteiger partial charge in [-0.2, -0.15) is 0 Å². The molecular weight excluding hydrogens is 394 g/mol. The SMILES string of the molecule is COC(=O)c1cncnc1N1CCC2(CC1)OCCc1cnc(-c3ccccc3)nc12. The van der Waals surface area contributed by atoms with E-state index in [1.54, 1.807) is 0 Å². The van der Waals surface area contributed by atoms with E-state index in [1.165, 1.54) is 19.6 Å². The number of methoxy groups -OCH3 is 1. The Bertz CT molecular complexity index is 1100. The van der Waals surface area contributed by atoms with E-state index in [9.17, 15) is 4.79 Å². The second kappa shape index (κ2) is 8.03. The molecule has 0 bridgehead atoms. The van der Waals surface area contributed by atoms with Crippen LogP contribution < -0.4 is 4.90 Å². The number of benzene rings is 1. The summed E-state index contributed by atoms with van der Waals surface area (Å²) in [6, 6.07) is 10.00. The molecule has 31 heavy (non-hydrogen) atoms. The number of piperidine rings is 1. The summed E-state index contributed by atoms with van der Waals surface area (Å²) in [5.74, 6) is 0.881. The molecule has 158 valence electrons. The van der Waals surface area contributed by atoms with Crippen molar-refractivity contribution in [1.82, 2.24) is 19.9 Å². The zero-order chi connectivity index (χ0) is 21.3. The van der Waals surface area contributed by atoms with Crippen molar-refractivity contribution in [2.75, 3.05) is 31.7 Å². The Labute approximate surface area is 180 Å². The van der Waals surface area contributed by atoms with Crippen molar-refractivity contribution in [3.05, 3.63) is 65.9 Å². The number of fused-ring (bicyclic) bond motifs is 2. The van der Waals surface area contributed by atoms with E-state index in [2.05, 4.69) is 19.9 Å². The molecule has 8 nitrogen and oxygen atoms in total. The molecule has 0 aliphatic carbocycles. The van der Waals surface area contributed by atoms with Gasteiger partial charge in [0.1, 0.15) is 23.3 Å². The third-order valence-corrected chi connectivity index (χ3v) is 6.05. The first-order chi connectivity index (χ1) is 15.2. The third kappa shape index (κ3) is 3.53. The van der Waals surface area contributed by atoms with Gasteiger partial charge in [-0.05, 0) is 24.8 Å². The highest BCUT2D eigenvalue weighted by Crippen LogP contribution is 2.41. The monoisotopic (exact) mass is 417 g/mol. The van der Waals surface area contributed by atoms with E-state index in [0.717, 1.165) is 41.9 Å². The summed E-state index contributed by atoms with van der Waals surface area (Å²) in [4.78, 5) is 32.1. The Morgan fingerprint density at radius 3 is 2.71 bits per heavy atom. The fraction of sp³-hybridized carbons (Fsp3) is 0.348. The Kier molecular flexibility index (Phi) is 5.07. The average molecular weight is 417 g/mol. The van der Waals surface area contributed by atoms with Crippen LogP contribution in [0.25, 0.3) is 11.4 Å². The lowest BCUT2D eigenvalue weighted by Gasteiger charge is -2.44. The molecule has 0 N–H and O–H groups in total. The maximum Gasteiger partial charge on any atom is 0.343 e. The smallest absolute Gasteiger partial charge is 0.343 e. The minimum Gasteiger partial charge on any atom is -0.465 e. The van der Waals surface area contributed by atoms with Gasteiger partial charge in [0, 0.05) is 31.0 Å². The van der Waals surface area contributed by atoms with Gasteiger partial charge in [0.05, 0.1) is 19.4 Å². The van der Waals surface area contributed by atoms with E-state index in [-0.39, 0.29) is 0 Å². The number of carbonyl (C=O) groups is 1. The van der Waals surface area contributed by atoms with E-state index in [4.69, 9.17) is 14.5 Å². The highest BCUT2D eigenvalue weighted by atomic mass is 16.5. The molecule has 2 aromatic heterocycles. The van der Waals surface area contributed by atoms with Crippen molar-refractivity contribution < 1.29 is 14.3 Å². The fourth-order valence-corrected chi connectivity index (χ4v) is 4.43. The quantitative estimate of drug-likeness (QED) is 0.601. The van der Waals surface area contributed by atoms with Crippen LogP contribution >= 0.6 is 0 Å². The molecule has 1 fully saturated rings. The van der Waals surface area contributed by atoms with Crippen molar-refractivity contribution >= 4 is 11.8 Å². The normalized spacial score (nSPS) is 17.3. The Morgan fingerprint density at radius 1 is 1.13 bits per heavy atom. The molecule has 3 aromatic rings. The van der Waals surface area contributed by atoms with E-state index in [0.29, 0.717) is 31.1 Å². The van der Waals surface area contributed by atoms with Crippen molar-refractivity contribution in [3.63, 3.8) is 0 Å². The van der Waals surface area contributed by atoms with Gasteiger partial charge in [-0.15, -0.1) is 0 Å². The van der Waals surface area contributed by atoms with Crippen molar-refractivity contribution in [1.29, 1.82) is 0 Å². The van der Waals surface area contributed by atoms with Crippen LogP contribution in [0.4, 0.5) is 5.82 Å². The molecule has 5 rings (SSSR count). The predicted octanol–water partition coefficient (Wildman–Crippen LogP) is 2.79. The summed E-state index contributed by atoms with van der Waals surface area (Å²) in [5, 5.41) is 0. The first kappa shape index (κ1) is 19.6. The molecule has 0 unspecified atom stereocenters. The third-order valence-electron chi connectivity index (χ3n) is 6.05. The summed E-state index contributed by atoms with van der Waals surface area (Å²) < 4.78 is 11.3. The Hall–Kier alpha value is -3.39. The van der Waals surface area contributed by atoms with Crippen LogP contribution in [-0.4, -0.2) is 52.7 Å². The van der Waals surface area contributed by atoms with E-state index >= 15 is 0 Å². The lowest BCUT2D eigenvalue weighted by atomic mass is 9.83. The molecule has 4 heterocycles. The number of esters is 1. The zero-order valence-corrected chi connectivity index (χ0v) is 17.3. The molecular formula is C23H23N5O3. The molecule has 8 heteroatoms. The summed E-state index contributed by atoms with van der Waals surface area (Å²) in [7, 11) is 1.36. The van der Waals surface area contributed by atoms with Gasteiger partial charge in [-0.25, -0.2) is 24.7 Å². The Balaban J connectivity index is 1.44. The van der Waals surface area contributed by atoms with Crippen molar-refractivity contribution in [2.24, 2.45) is 0 Å². The maximum absolute atomic E-state index is 12.1. The highest BCUT2D eigenvalue weighted by molar-refractivity contribution is 5.94. The molecule has 2 aliphatic rings. The van der Waals surface area contributed by atoms with Crippen LogP contribution in [0.2, 0.25) is 0 Å². The number of carbonyl (C=O) groups excluding carboxylic acids is 1. The van der Waals surface area contributed by atoms with Gasteiger partial charge in [-0.3, -0.25) is 0 Å². The topological polar surface area (TPSA) is 90.3 Å². The lowest BCUT2D eigenvalue weighted by molar-refractivity contribution is -0.0801. The van der Waals surface area contributed by atoms with Crippen LogP contribution in [0.1, 0.15) is 34.5 Å². The minimum atomic E-state index is -0.449. The molecule has 0 amide bonds. The van der Waals surface area contributed by atoms with E-state index < -0.39 is 11.6 Å². The van der Waals surface area contributed by atoms with Crippen molar-refractivity contribution in [2.45, 2.75) is 24.9 Å². The van der Waals surface area contributed by atoms with E-state index in [1.807, 2.05) is 36.5 Å². The molecule has 1 aromatic carbocycles. The number of hydrogen-bond donors (Lipinski definition) is 0. The molecule has 1 saturated heterocycles. The second-order valence-electron chi connectivity index (χ2n) is 7.76. The summed E-state index contributed by atoms with van der Waals surface area (Å²) in [5.41, 5.74) is 3.06. The summed E-state index contributed by atoms with van der Waals surface area (Å²) >= 11 is 0. The number of hydrogen-bond acceptors (Lipinski definition) is 8. The summed E-state index contributed by atoms with van der Waals surface area (Å²) in [6.07, 6.45) is 7.21. The summed E-state index contributed by atoms with van der Waals surface area (Å²) in [6.45, 7) is 2.03. The number of nitrogens with zero attached hydrogens (tertiary/aromatic N) is 5. The van der Waals surface area contributed by atoms with Crippen LogP contribution in [-0.2, 0) is 21.5 Å². The number of rotatable bonds is 3. The molecule has 1 spiro atoms. The number of ether oxygens (including phenoxy) is 2. The van der Waals surface area contributed by atoms with Crippen LogP contribution in [0, 0.1) is 0 Å². The van der Waals surface area contributed by atoms with Gasteiger partial charge >= 0.3 is 5.97 Å². The predicted molar refractivity (Wildman–Crippen MR) is 114 cm³/mol. The van der Waals surface area contributed by atoms with Crippen LogP contribution in [0.3, 0.4) is 0 Å². The Morgan fingerprint density at radius 2 is 1.94 bits per heavy atom. The maximum atomic E-state index is 12.1. The van der Waals surface area contributed by atoms with Gasteiger partial charge in [0.25, 0.3) is 0 Å². The molecule has 0 saturated carbocycles. The largest absolute Gasteiger partial charge is 0.465 e. The first-order valence-corrected chi connectivity index (χ1v) is 10.4.